The van der Waals surface area contributed by atoms with Gasteiger partial charge < -0.3 is 15.8 Å². The molecule has 0 heterocycles. The van der Waals surface area contributed by atoms with E-state index in [2.05, 4.69) is 5.32 Å². The Morgan fingerprint density at radius 1 is 1.58 bits per heavy atom. The fourth-order valence-corrected chi connectivity index (χ4v) is 2.17. The summed E-state index contributed by atoms with van der Waals surface area (Å²) in [5, 5.41) is 2.95. The van der Waals surface area contributed by atoms with E-state index >= 15 is 0 Å². The zero-order chi connectivity index (χ0) is 14.0. The number of halogens is 1. The van der Waals surface area contributed by atoms with Gasteiger partial charge >= 0.3 is 0 Å². The average Bonchev–Trinajstić information content (AvgIpc) is 3.23. The van der Waals surface area contributed by atoms with Gasteiger partial charge in [-0.15, -0.1) is 0 Å². The maximum absolute atomic E-state index is 13.3. The highest BCUT2D eigenvalue weighted by atomic mass is 19.1. The Morgan fingerprint density at radius 3 is 2.79 bits per heavy atom. The van der Waals surface area contributed by atoms with Crippen LogP contribution in [0.25, 0.3) is 0 Å². The van der Waals surface area contributed by atoms with E-state index in [4.69, 9.17) is 10.5 Å². The number of hydrogen-bond donors (Lipinski definition) is 2. The molecule has 1 amide bonds. The van der Waals surface area contributed by atoms with Crippen molar-refractivity contribution >= 4 is 5.91 Å². The number of amides is 1. The minimum Gasteiger partial charge on any atom is -0.494 e. The van der Waals surface area contributed by atoms with Gasteiger partial charge in [0, 0.05) is 12.1 Å². The molecule has 1 fully saturated rings. The van der Waals surface area contributed by atoms with E-state index in [-0.39, 0.29) is 11.7 Å². The zero-order valence-electron chi connectivity index (χ0n) is 11.2. The van der Waals surface area contributed by atoms with E-state index < -0.39 is 11.4 Å². The standard InChI is InChI=1S/C14H19FN2O2/c1-14(8-16,10-4-5-10)17-13(18)9-3-6-11(15)12(7-9)19-2/h3,6-7,10H,4-5,8,16H2,1-2H3,(H,17,18). The lowest BCUT2D eigenvalue weighted by Gasteiger charge is -2.29. The third-order valence-corrected chi connectivity index (χ3v) is 3.71. The van der Waals surface area contributed by atoms with Crippen molar-refractivity contribution in [2.45, 2.75) is 25.3 Å². The second-order valence-corrected chi connectivity index (χ2v) is 5.20. The van der Waals surface area contributed by atoms with Crippen LogP contribution < -0.4 is 15.8 Å². The summed E-state index contributed by atoms with van der Waals surface area (Å²) >= 11 is 0. The van der Waals surface area contributed by atoms with Gasteiger partial charge in [0.25, 0.3) is 5.91 Å². The number of nitrogens with two attached hydrogens (primary N) is 1. The summed E-state index contributed by atoms with van der Waals surface area (Å²) < 4.78 is 18.2. The van der Waals surface area contributed by atoms with E-state index in [0.29, 0.717) is 18.0 Å². The van der Waals surface area contributed by atoms with Crippen molar-refractivity contribution in [2.24, 2.45) is 11.7 Å². The lowest BCUT2D eigenvalue weighted by Crippen LogP contribution is -2.53. The molecule has 1 aliphatic carbocycles. The van der Waals surface area contributed by atoms with Crippen LogP contribution >= 0.6 is 0 Å². The van der Waals surface area contributed by atoms with Gasteiger partial charge in [0.15, 0.2) is 11.6 Å². The number of methoxy groups -OCH3 is 1. The molecule has 3 N–H and O–H groups in total. The number of hydrogen-bond acceptors (Lipinski definition) is 3. The van der Waals surface area contributed by atoms with Crippen molar-refractivity contribution in [2.75, 3.05) is 13.7 Å². The molecule has 1 saturated carbocycles. The molecule has 0 spiro atoms. The topological polar surface area (TPSA) is 64.3 Å². The number of nitrogens with one attached hydrogen (secondary N) is 1. The van der Waals surface area contributed by atoms with Crippen molar-refractivity contribution < 1.29 is 13.9 Å². The molecule has 0 aliphatic heterocycles. The summed E-state index contributed by atoms with van der Waals surface area (Å²) in [6, 6.07) is 4.07. The molecule has 0 saturated heterocycles. The minimum absolute atomic E-state index is 0.0634. The van der Waals surface area contributed by atoms with Gasteiger partial charge in [0.2, 0.25) is 0 Å². The molecule has 5 heteroatoms. The van der Waals surface area contributed by atoms with Crippen molar-refractivity contribution in [1.82, 2.24) is 5.32 Å². The molecule has 1 aromatic carbocycles. The van der Waals surface area contributed by atoms with Crippen LogP contribution in [0.2, 0.25) is 0 Å². The summed E-state index contributed by atoms with van der Waals surface area (Å²) in [7, 11) is 1.37. The third kappa shape index (κ3) is 2.87. The first-order valence-electron chi connectivity index (χ1n) is 6.36. The van der Waals surface area contributed by atoms with Gasteiger partial charge in [-0.25, -0.2) is 4.39 Å². The number of carbonyl (C=O) groups excluding carboxylic acids is 1. The molecule has 0 radical (unpaired) electrons. The van der Waals surface area contributed by atoms with E-state index in [1.165, 1.54) is 25.3 Å². The quantitative estimate of drug-likeness (QED) is 0.852. The first kappa shape index (κ1) is 13.8. The molecular weight excluding hydrogens is 247 g/mol. The predicted molar refractivity (Wildman–Crippen MR) is 70.6 cm³/mol. The minimum atomic E-state index is -0.483. The van der Waals surface area contributed by atoms with Crippen molar-refractivity contribution in [3.63, 3.8) is 0 Å². The van der Waals surface area contributed by atoms with E-state index in [1.807, 2.05) is 6.92 Å². The van der Waals surface area contributed by atoms with Crippen LogP contribution in [-0.2, 0) is 0 Å². The molecular formula is C14H19FN2O2. The van der Waals surface area contributed by atoms with Crippen LogP contribution in [0.1, 0.15) is 30.1 Å². The fraction of sp³-hybridized carbons (Fsp3) is 0.500. The van der Waals surface area contributed by atoms with Crippen molar-refractivity contribution in [1.29, 1.82) is 0 Å². The van der Waals surface area contributed by atoms with Crippen LogP contribution in [-0.4, -0.2) is 25.1 Å². The van der Waals surface area contributed by atoms with Gasteiger partial charge in [-0.3, -0.25) is 4.79 Å². The number of rotatable bonds is 5. The fourth-order valence-electron chi connectivity index (χ4n) is 2.17. The Kier molecular flexibility index (Phi) is 3.75. The Bertz CT molecular complexity index is 488. The van der Waals surface area contributed by atoms with E-state index in [1.54, 1.807) is 0 Å². The monoisotopic (exact) mass is 266 g/mol. The van der Waals surface area contributed by atoms with Crippen LogP contribution in [0.5, 0.6) is 5.75 Å². The molecule has 0 bridgehead atoms. The van der Waals surface area contributed by atoms with Crippen molar-refractivity contribution in [3.8, 4) is 5.75 Å². The average molecular weight is 266 g/mol. The summed E-state index contributed by atoms with van der Waals surface area (Å²) in [5.41, 5.74) is 5.74. The molecule has 104 valence electrons. The largest absolute Gasteiger partial charge is 0.494 e. The first-order valence-corrected chi connectivity index (χ1v) is 6.36. The third-order valence-electron chi connectivity index (χ3n) is 3.71. The maximum Gasteiger partial charge on any atom is 0.251 e. The zero-order valence-corrected chi connectivity index (χ0v) is 11.2. The van der Waals surface area contributed by atoms with E-state index in [0.717, 1.165) is 12.8 Å². The smallest absolute Gasteiger partial charge is 0.251 e. The SMILES string of the molecule is COc1cc(C(=O)NC(C)(CN)C2CC2)ccc1F. The summed E-state index contributed by atoms with van der Waals surface area (Å²) in [6.45, 7) is 2.34. The van der Waals surface area contributed by atoms with Crippen LogP contribution in [0.4, 0.5) is 4.39 Å². The predicted octanol–water partition coefficient (Wildman–Crippen LogP) is 1.69. The molecule has 1 aliphatic rings. The normalized spacial score (nSPS) is 17.7. The van der Waals surface area contributed by atoms with Crippen LogP contribution in [0.15, 0.2) is 18.2 Å². The molecule has 4 nitrogen and oxygen atoms in total. The number of carbonyl (C=O) groups is 1. The lowest BCUT2D eigenvalue weighted by atomic mass is 9.95. The van der Waals surface area contributed by atoms with E-state index in [9.17, 15) is 9.18 Å². The molecule has 0 aromatic heterocycles. The Balaban J connectivity index is 2.15. The highest BCUT2D eigenvalue weighted by molar-refractivity contribution is 5.95. The molecule has 19 heavy (non-hydrogen) atoms. The maximum atomic E-state index is 13.3. The van der Waals surface area contributed by atoms with Gasteiger partial charge in [0.05, 0.1) is 12.6 Å². The van der Waals surface area contributed by atoms with Crippen molar-refractivity contribution in [3.05, 3.63) is 29.6 Å². The highest BCUT2D eigenvalue weighted by Crippen LogP contribution is 2.39. The Labute approximate surface area is 112 Å². The van der Waals surface area contributed by atoms with Gasteiger partial charge in [-0.05, 0) is 43.9 Å². The summed E-state index contributed by atoms with van der Waals surface area (Å²) in [4.78, 5) is 12.2. The Hall–Kier alpha value is -1.62. The number of benzene rings is 1. The van der Waals surface area contributed by atoms with Gasteiger partial charge in [0.1, 0.15) is 0 Å². The summed E-state index contributed by atoms with van der Waals surface area (Å²) in [6.07, 6.45) is 2.17. The second kappa shape index (κ2) is 5.17. The van der Waals surface area contributed by atoms with Crippen LogP contribution in [0.3, 0.4) is 0 Å². The van der Waals surface area contributed by atoms with Crippen LogP contribution in [0, 0.1) is 11.7 Å². The van der Waals surface area contributed by atoms with Gasteiger partial charge in [-0.2, -0.15) is 0 Å². The molecule has 2 rings (SSSR count). The first-order chi connectivity index (χ1) is 9.00. The Morgan fingerprint density at radius 2 is 2.26 bits per heavy atom. The summed E-state index contributed by atoms with van der Waals surface area (Å²) in [5.74, 6) is -0.238. The highest BCUT2D eigenvalue weighted by Gasteiger charge is 2.41. The lowest BCUT2D eigenvalue weighted by molar-refractivity contribution is 0.0897. The number of ether oxygens (including phenoxy) is 1. The van der Waals surface area contributed by atoms with Gasteiger partial charge in [-0.1, -0.05) is 0 Å². The molecule has 1 unspecified atom stereocenters. The molecule has 1 atom stereocenters. The second-order valence-electron chi connectivity index (χ2n) is 5.20. The molecule has 1 aromatic rings.